The summed E-state index contributed by atoms with van der Waals surface area (Å²) in [5.41, 5.74) is 0.618. The third-order valence-corrected chi connectivity index (χ3v) is 6.13. The number of benzene rings is 3. The van der Waals surface area contributed by atoms with Gasteiger partial charge < -0.3 is 5.32 Å². The van der Waals surface area contributed by atoms with Crippen molar-refractivity contribution in [2.75, 3.05) is 5.32 Å². The van der Waals surface area contributed by atoms with Crippen molar-refractivity contribution in [2.45, 2.75) is 17.9 Å². The van der Waals surface area contributed by atoms with Crippen molar-refractivity contribution in [1.29, 1.82) is 0 Å². The van der Waals surface area contributed by atoms with Crippen LogP contribution in [-0.2, 0) is 14.8 Å². The average molecular weight is 480 g/mol. The molecule has 0 heterocycles. The molecule has 0 saturated heterocycles. The predicted molar refractivity (Wildman–Crippen MR) is 112 cm³/mol. The Morgan fingerprint density at radius 2 is 1.62 bits per heavy atom. The Kier molecular flexibility index (Phi) is 5.59. The fraction of sp³-hybridized carbons (Fsp3) is 0.105. The number of nitrogens with one attached hydrogen (secondary N) is 2. The van der Waals surface area contributed by atoms with Crippen molar-refractivity contribution in [3.8, 4) is 0 Å². The molecule has 0 aliphatic carbocycles. The van der Waals surface area contributed by atoms with Crippen LogP contribution in [0.25, 0.3) is 10.8 Å². The molecule has 0 unspecified atom stereocenters. The molecule has 0 spiro atoms. The number of amides is 1. The first kappa shape index (κ1) is 18.8. The summed E-state index contributed by atoms with van der Waals surface area (Å²) >= 11 is 2.17. The van der Waals surface area contributed by atoms with Gasteiger partial charge in [0.1, 0.15) is 0 Å². The quantitative estimate of drug-likeness (QED) is 0.547. The zero-order valence-corrected chi connectivity index (χ0v) is 16.9. The van der Waals surface area contributed by atoms with Crippen molar-refractivity contribution >= 4 is 55.0 Å². The van der Waals surface area contributed by atoms with Crippen LogP contribution in [0, 0.1) is 3.57 Å². The fourth-order valence-corrected chi connectivity index (χ4v) is 4.07. The van der Waals surface area contributed by atoms with Crippen LogP contribution in [0.5, 0.6) is 0 Å². The number of sulfonamides is 1. The first-order valence-electron chi connectivity index (χ1n) is 7.93. The smallest absolute Gasteiger partial charge is 0.242 e. The molecule has 1 atom stereocenters. The lowest BCUT2D eigenvalue weighted by Crippen LogP contribution is -2.41. The maximum atomic E-state index is 12.6. The third-order valence-electron chi connectivity index (χ3n) is 3.87. The number of hydrogen-bond acceptors (Lipinski definition) is 3. The Hall–Kier alpha value is -1.97. The van der Waals surface area contributed by atoms with Crippen LogP contribution in [-0.4, -0.2) is 20.4 Å². The van der Waals surface area contributed by atoms with E-state index >= 15 is 0 Å². The number of rotatable bonds is 5. The van der Waals surface area contributed by atoms with Crippen LogP contribution in [0.2, 0.25) is 0 Å². The normalized spacial score (nSPS) is 12.7. The predicted octanol–water partition coefficient (Wildman–Crippen LogP) is 3.75. The first-order chi connectivity index (χ1) is 12.3. The topological polar surface area (TPSA) is 75.3 Å². The molecule has 0 bridgehead atoms. The second-order valence-corrected chi connectivity index (χ2v) is 8.81. The SMILES string of the molecule is C[C@@H](NS(=O)(=O)c1ccc2ccccc2c1)C(=O)Nc1ccc(I)cc1. The molecule has 5 nitrogen and oxygen atoms in total. The minimum absolute atomic E-state index is 0.130. The molecule has 0 fully saturated rings. The second kappa shape index (κ2) is 7.73. The molecule has 7 heteroatoms. The van der Waals surface area contributed by atoms with Crippen LogP contribution < -0.4 is 10.0 Å². The molecule has 2 N–H and O–H groups in total. The van der Waals surface area contributed by atoms with Gasteiger partial charge >= 0.3 is 0 Å². The van der Waals surface area contributed by atoms with E-state index in [4.69, 9.17) is 0 Å². The first-order valence-corrected chi connectivity index (χ1v) is 10.5. The van der Waals surface area contributed by atoms with E-state index in [-0.39, 0.29) is 4.90 Å². The van der Waals surface area contributed by atoms with E-state index in [2.05, 4.69) is 32.6 Å². The van der Waals surface area contributed by atoms with Gasteiger partial charge in [0.05, 0.1) is 10.9 Å². The van der Waals surface area contributed by atoms with Gasteiger partial charge in [0.15, 0.2) is 0 Å². The van der Waals surface area contributed by atoms with Gasteiger partial charge in [0.2, 0.25) is 15.9 Å². The van der Waals surface area contributed by atoms with Crippen LogP contribution in [0.1, 0.15) is 6.92 Å². The molecule has 0 radical (unpaired) electrons. The summed E-state index contributed by atoms with van der Waals surface area (Å²) in [6.45, 7) is 1.51. The van der Waals surface area contributed by atoms with Gasteiger partial charge in [-0.15, -0.1) is 0 Å². The summed E-state index contributed by atoms with van der Waals surface area (Å²) < 4.78 is 28.7. The van der Waals surface area contributed by atoms with Crippen molar-refractivity contribution in [3.63, 3.8) is 0 Å². The Bertz CT molecular complexity index is 1050. The van der Waals surface area contributed by atoms with E-state index in [9.17, 15) is 13.2 Å². The Labute approximate surface area is 166 Å². The van der Waals surface area contributed by atoms with E-state index < -0.39 is 22.0 Å². The van der Waals surface area contributed by atoms with Gasteiger partial charge in [-0.2, -0.15) is 4.72 Å². The maximum absolute atomic E-state index is 12.6. The molecular formula is C19H17IN2O3S. The summed E-state index contributed by atoms with van der Waals surface area (Å²) in [5.74, 6) is -0.421. The Balaban J connectivity index is 1.74. The highest BCUT2D eigenvalue weighted by Gasteiger charge is 2.22. The minimum Gasteiger partial charge on any atom is -0.325 e. The zero-order valence-electron chi connectivity index (χ0n) is 13.9. The summed E-state index contributed by atoms with van der Waals surface area (Å²) in [6, 6.07) is 18.7. The van der Waals surface area contributed by atoms with Gasteiger partial charge in [-0.05, 0) is 76.7 Å². The van der Waals surface area contributed by atoms with Crippen LogP contribution in [0.4, 0.5) is 5.69 Å². The number of anilines is 1. The summed E-state index contributed by atoms with van der Waals surface area (Å²) in [5, 5.41) is 4.48. The van der Waals surface area contributed by atoms with Crippen molar-refractivity contribution in [1.82, 2.24) is 4.72 Å². The number of carbonyl (C=O) groups is 1. The molecule has 3 aromatic rings. The molecule has 0 aliphatic heterocycles. The lowest BCUT2D eigenvalue weighted by molar-refractivity contribution is -0.117. The third kappa shape index (κ3) is 4.40. The summed E-state index contributed by atoms with van der Waals surface area (Å²) in [4.78, 5) is 12.4. The van der Waals surface area contributed by atoms with E-state index in [1.165, 1.54) is 13.0 Å². The molecule has 0 saturated carbocycles. The average Bonchev–Trinajstić information content (AvgIpc) is 2.62. The van der Waals surface area contributed by atoms with E-state index in [1.807, 2.05) is 36.4 Å². The highest BCUT2D eigenvalue weighted by atomic mass is 127. The zero-order chi connectivity index (χ0) is 18.7. The number of halogens is 1. The molecule has 0 aliphatic rings. The van der Waals surface area contributed by atoms with Gasteiger partial charge in [-0.3, -0.25) is 4.79 Å². The Morgan fingerprint density at radius 1 is 0.962 bits per heavy atom. The highest BCUT2D eigenvalue weighted by Crippen LogP contribution is 2.19. The van der Waals surface area contributed by atoms with Gasteiger partial charge in [-0.1, -0.05) is 30.3 Å². The minimum atomic E-state index is -3.81. The lowest BCUT2D eigenvalue weighted by Gasteiger charge is -2.15. The van der Waals surface area contributed by atoms with Crippen LogP contribution in [0.15, 0.2) is 71.6 Å². The molecule has 1 amide bonds. The molecular weight excluding hydrogens is 463 g/mol. The summed E-state index contributed by atoms with van der Waals surface area (Å²) in [6.07, 6.45) is 0. The van der Waals surface area contributed by atoms with Crippen molar-refractivity contribution in [2.24, 2.45) is 0 Å². The largest absolute Gasteiger partial charge is 0.325 e. The van der Waals surface area contributed by atoms with E-state index in [1.54, 1.807) is 24.3 Å². The fourth-order valence-electron chi connectivity index (χ4n) is 2.47. The molecule has 3 aromatic carbocycles. The lowest BCUT2D eigenvalue weighted by atomic mass is 10.1. The monoisotopic (exact) mass is 480 g/mol. The van der Waals surface area contributed by atoms with Gasteiger partial charge in [-0.25, -0.2) is 8.42 Å². The molecule has 26 heavy (non-hydrogen) atoms. The van der Waals surface area contributed by atoms with Crippen LogP contribution >= 0.6 is 22.6 Å². The standard InChI is InChI=1S/C19H17IN2O3S/c1-13(19(23)21-17-9-7-16(20)8-10-17)22-26(24,25)18-11-6-14-4-2-3-5-15(14)12-18/h2-13,22H,1H3,(H,21,23)/t13-/m1/s1. The van der Waals surface area contributed by atoms with E-state index in [0.29, 0.717) is 5.69 Å². The molecule has 3 rings (SSSR count). The van der Waals surface area contributed by atoms with Crippen molar-refractivity contribution < 1.29 is 13.2 Å². The van der Waals surface area contributed by atoms with Gasteiger partial charge in [0, 0.05) is 9.26 Å². The summed E-state index contributed by atoms with van der Waals surface area (Å²) in [7, 11) is -3.81. The van der Waals surface area contributed by atoms with Crippen LogP contribution in [0.3, 0.4) is 0 Å². The number of hydrogen-bond donors (Lipinski definition) is 2. The molecule has 0 aromatic heterocycles. The Morgan fingerprint density at radius 3 is 2.31 bits per heavy atom. The van der Waals surface area contributed by atoms with Crippen molar-refractivity contribution in [3.05, 3.63) is 70.3 Å². The number of carbonyl (C=O) groups excluding carboxylic acids is 1. The van der Waals surface area contributed by atoms with E-state index in [0.717, 1.165) is 14.3 Å². The maximum Gasteiger partial charge on any atom is 0.242 e. The highest BCUT2D eigenvalue weighted by molar-refractivity contribution is 14.1. The van der Waals surface area contributed by atoms with Gasteiger partial charge in [0.25, 0.3) is 0 Å². The second-order valence-electron chi connectivity index (χ2n) is 5.85. The number of fused-ring (bicyclic) bond motifs is 1. The molecule has 134 valence electrons.